The average molecular weight is 983 g/mol. The normalized spacial score (nSPS) is 12.7. The van der Waals surface area contributed by atoms with Crippen LogP contribution in [0.1, 0.15) is 432 Å². The third-order valence-electron chi connectivity index (χ3n) is 17.1. The Labute approximate surface area is 448 Å². The van der Waals surface area contributed by atoms with Gasteiger partial charge in [-0.1, -0.05) is 432 Å². The Morgan fingerprint density at radius 1 is 0.186 bits per heavy atom. The molecule has 2 unspecified atom stereocenters. The van der Waals surface area contributed by atoms with E-state index in [1.54, 1.807) is 0 Å². The van der Waals surface area contributed by atoms with Crippen molar-refractivity contribution in [1.29, 1.82) is 0 Å². The first-order chi connectivity index (χ1) is 34.7. The molecule has 0 aliphatic carbocycles. The van der Waals surface area contributed by atoms with Crippen molar-refractivity contribution >= 4 is 0 Å². The monoisotopic (exact) mass is 982 g/mol. The Hall–Kier alpha value is 0. The minimum Gasteiger partial charge on any atom is -0.0654 e. The van der Waals surface area contributed by atoms with Crippen LogP contribution in [0.15, 0.2) is 0 Å². The maximum Gasteiger partial charge on any atom is -0.0386 e. The summed E-state index contributed by atoms with van der Waals surface area (Å²) >= 11 is 0. The van der Waals surface area contributed by atoms with Crippen LogP contribution in [0.2, 0.25) is 0 Å². The van der Waals surface area contributed by atoms with Crippen molar-refractivity contribution in [1.82, 2.24) is 0 Å². The zero-order chi connectivity index (χ0) is 50.4. The highest BCUT2D eigenvalue weighted by Gasteiger charge is 2.10. The molecule has 0 aliphatic heterocycles. The molecule has 0 fully saturated rings. The summed E-state index contributed by atoms with van der Waals surface area (Å²) < 4.78 is 0. The molecule has 0 saturated heterocycles. The fourth-order valence-electron chi connectivity index (χ4n) is 11.9. The first-order valence-electron chi connectivity index (χ1n) is 34.6. The molecule has 0 N–H and O–H groups in total. The van der Waals surface area contributed by atoms with E-state index >= 15 is 0 Å². The SMILES string of the molecule is CCCCCCCCCCCCCCCCCCCCCCCC(CCCCC[CH]CCCCCCC(C)CCCCCCCCCCCCCCC)CCCCCCCCCCCCCCCCC. The third kappa shape index (κ3) is 62.3. The van der Waals surface area contributed by atoms with E-state index in [-0.39, 0.29) is 0 Å². The van der Waals surface area contributed by atoms with E-state index in [0.717, 1.165) is 11.8 Å². The maximum atomic E-state index is 2.66. The summed E-state index contributed by atoms with van der Waals surface area (Å²) in [5, 5.41) is 0. The molecular formula is C70H141. The second kappa shape index (κ2) is 65.1. The van der Waals surface area contributed by atoms with E-state index < -0.39 is 0 Å². The number of hydrogen-bond acceptors (Lipinski definition) is 0. The molecule has 0 aromatic heterocycles. The van der Waals surface area contributed by atoms with Crippen LogP contribution in [0, 0.1) is 18.3 Å². The summed E-state index contributed by atoms with van der Waals surface area (Å²) in [7, 11) is 0. The minimum atomic E-state index is 0.950. The van der Waals surface area contributed by atoms with Gasteiger partial charge in [0.1, 0.15) is 0 Å². The molecule has 0 saturated carbocycles. The molecule has 0 nitrogen and oxygen atoms in total. The number of rotatable bonds is 65. The van der Waals surface area contributed by atoms with Crippen LogP contribution in [0.5, 0.6) is 0 Å². The van der Waals surface area contributed by atoms with E-state index in [0.29, 0.717) is 0 Å². The lowest BCUT2D eigenvalue weighted by molar-refractivity contribution is 0.366. The summed E-state index contributed by atoms with van der Waals surface area (Å²) in [6, 6.07) is 0. The standard InChI is InChI=1S/C70H141/c1-5-8-11-14-17-20-23-26-28-29-30-31-32-33-35-38-41-47-52-57-62-67-70(66-61-56-51-46-40-37-34-27-24-21-18-15-12-9-6-2)68-63-58-53-48-43-42-45-50-55-60-65-69(4)64-59-54-49-44-39-36-25-22-19-16-13-10-7-3/h43,69-70H,5-42,44-68H2,1-4H3. The van der Waals surface area contributed by atoms with Crippen LogP contribution in [0.4, 0.5) is 0 Å². The molecule has 1 radical (unpaired) electrons. The molecule has 0 heteroatoms. The van der Waals surface area contributed by atoms with Crippen LogP contribution >= 0.6 is 0 Å². The van der Waals surface area contributed by atoms with Gasteiger partial charge >= 0.3 is 0 Å². The second-order valence-electron chi connectivity index (χ2n) is 24.5. The van der Waals surface area contributed by atoms with Crippen LogP contribution in [-0.2, 0) is 0 Å². The van der Waals surface area contributed by atoms with Crippen LogP contribution in [-0.4, -0.2) is 0 Å². The summed E-state index contributed by atoms with van der Waals surface area (Å²) in [6.07, 6.45) is 95.7. The van der Waals surface area contributed by atoms with Crippen molar-refractivity contribution in [3.8, 4) is 0 Å². The van der Waals surface area contributed by atoms with E-state index in [1.807, 2.05) is 0 Å². The van der Waals surface area contributed by atoms with Gasteiger partial charge in [-0.2, -0.15) is 0 Å². The van der Waals surface area contributed by atoms with E-state index in [4.69, 9.17) is 0 Å². The topological polar surface area (TPSA) is 0 Å². The molecule has 0 aromatic carbocycles. The van der Waals surface area contributed by atoms with Gasteiger partial charge in [0.05, 0.1) is 0 Å². The first kappa shape index (κ1) is 70.0. The van der Waals surface area contributed by atoms with Crippen molar-refractivity contribution in [2.45, 2.75) is 432 Å². The van der Waals surface area contributed by atoms with Crippen LogP contribution in [0.25, 0.3) is 0 Å². The Balaban J connectivity index is 3.96. The highest BCUT2D eigenvalue weighted by atomic mass is 14.2. The lowest BCUT2D eigenvalue weighted by Gasteiger charge is -2.17. The van der Waals surface area contributed by atoms with E-state index in [1.165, 1.54) is 405 Å². The number of unbranched alkanes of at least 4 members (excludes halogenated alkanes) is 55. The highest BCUT2D eigenvalue weighted by Crippen LogP contribution is 2.26. The van der Waals surface area contributed by atoms with Gasteiger partial charge < -0.3 is 0 Å². The zero-order valence-electron chi connectivity index (χ0n) is 50.3. The van der Waals surface area contributed by atoms with Crippen molar-refractivity contribution in [3.05, 3.63) is 6.42 Å². The molecule has 0 bridgehead atoms. The van der Waals surface area contributed by atoms with Crippen molar-refractivity contribution in [2.75, 3.05) is 0 Å². The Morgan fingerprint density at radius 2 is 0.343 bits per heavy atom. The lowest BCUT2D eigenvalue weighted by atomic mass is 9.89. The van der Waals surface area contributed by atoms with Gasteiger partial charge in [0.2, 0.25) is 0 Å². The van der Waals surface area contributed by atoms with Crippen LogP contribution in [0.3, 0.4) is 0 Å². The Bertz CT molecular complexity index is 858. The van der Waals surface area contributed by atoms with E-state index in [9.17, 15) is 0 Å². The summed E-state index contributed by atoms with van der Waals surface area (Å²) in [6.45, 7) is 9.49. The molecule has 0 aliphatic rings. The Kier molecular flexibility index (Phi) is 65.1. The molecule has 0 heterocycles. The first-order valence-corrected chi connectivity index (χ1v) is 34.6. The quantitative estimate of drug-likeness (QED) is 0.0533. The van der Waals surface area contributed by atoms with Crippen LogP contribution < -0.4 is 0 Å². The van der Waals surface area contributed by atoms with Gasteiger partial charge in [-0.05, 0) is 18.3 Å². The van der Waals surface area contributed by atoms with Gasteiger partial charge in [0.15, 0.2) is 0 Å². The van der Waals surface area contributed by atoms with Crippen molar-refractivity contribution in [2.24, 2.45) is 11.8 Å². The van der Waals surface area contributed by atoms with Crippen molar-refractivity contribution < 1.29 is 0 Å². The molecule has 0 amide bonds. The third-order valence-corrected chi connectivity index (χ3v) is 17.1. The Morgan fingerprint density at radius 3 is 0.557 bits per heavy atom. The van der Waals surface area contributed by atoms with E-state index in [2.05, 4.69) is 34.1 Å². The zero-order valence-corrected chi connectivity index (χ0v) is 50.3. The lowest BCUT2D eigenvalue weighted by Crippen LogP contribution is -2.02. The van der Waals surface area contributed by atoms with Crippen molar-refractivity contribution in [3.63, 3.8) is 0 Å². The predicted molar refractivity (Wildman–Crippen MR) is 325 cm³/mol. The van der Waals surface area contributed by atoms with Gasteiger partial charge in [-0.25, -0.2) is 0 Å². The summed E-state index contributed by atoms with van der Waals surface area (Å²) in [5.74, 6) is 1.97. The van der Waals surface area contributed by atoms with Gasteiger partial charge in [0.25, 0.3) is 0 Å². The fourth-order valence-corrected chi connectivity index (χ4v) is 11.9. The molecule has 0 aromatic rings. The van der Waals surface area contributed by atoms with Gasteiger partial charge in [-0.15, -0.1) is 0 Å². The summed E-state index contributed by atoms with van der Waals surface area (Å²) in [4.78, 5) is 0. The summed E-state index contributed by atoms with van der Waals surface area (Å²) in [5.41, 5.74) is 0. The maximum absolute atomic E-state index is 2.66. The average Bonchev–Trinajstić information content (AvgIpc) is 3.37. The highest BCUT2D eigenvalue weighted by molar-refractivity contribution is 4.67. The molecule has 0 rings (SSSR count). The fraction of sp³-hybridized carbons (Fsp3) is 0.986. The number of hydrogen-bond donors (Lipinski definition) is 0. The smallest absolute Gasteiger partial charge is 0.0386 e. The largest absolute Gasteiger partial charge is 0.0654 e. The molecule has 421 valence electrons. The van der Waals surface area contributed by atoms with Gasteiger partial charge in [-0.3, -0.25) is 0 Å². The minimum absolute atomic E-state index is 0.950. The molecule has 2 atom stereocenters. The predicted octanol–water partition coefficient (Wildman–Crippen LogP) is 27.1. The van der Waals surface area contributed by atoms with Gasteiger partial charge in [0, 0.05) is 0 Å². The molecule has 70 heavy (non-hydrogen) atoms. The molecule has 0 spiro atoms. The second-order valence-corrected chi connectivity index (χ2v) is 24.5. The molecular weight excluding hydrogens is 841 g/mol.